The number of ether oxygens (including phenoxy) is 8. The molecule has 16 heteroatoms. The molecular weight excluding hydrogens is 664 g/mol. The van der Waals surface area contributed by atoms with Crippen molar-refractivity contribution in [2.45, 2.75) is 103 Å². The van der Waals surface area contributed by atoms with Crippen molar-refractivity contribution in [1.29, 1.82) is 0 Å². The Bertz CT molecular complexity index is 1430. The molecule has 2 aliphatic heterocycles. The summed E-state index contributed by atoms with van der Waals surface area (Å²) in [4.78, 5) is 78.2. The van der Waals surface area contributed by atoms with Crippen molar-refractivity contribution >= 4 is 35.8 Å². The minimum absolute atomic E-state index is 0.0907. The Balaban J connectivity index is 2.16. The quantitative estimate of drug-likeness (QED) is 0.179. The number of aliphatic hydroxyl groups is 2. The molecule has 0 amide bonds. The zero-order valence-electron chi connectivity index (χ0n) is 29.4. The van der Waals surface area contributed by atoms with Crippen LogP contribution in [-0.4, -0.2) is 121 Å². The van der Waals surface area contributed by atoms with Crippen LogP contribution in [0.15, 0.2) is 23.8 Å². The van der Waals surface area contributed by atoms with Crippen LogP contribution in [0, 0.1) is 23.2 Å². The molecule has 50 heavy (non-hydrogen) atoms. The summed E-state index contributed by atoms with van der Waals surface area (Å²) in [5.74, 6) is -8.38. The summed E-state index contributed by atoms with van der Waals surface area (Å²) < 4.78 is 46.6. The second-order valence-corrected chi connectivity index (χ2v) is 13.8. The van der Waals surface area contributed by atoms with Crippen LogP contribution < -0.4 is 0 Å². The lowest BCUT2D eigenvalue weighted by molar-refractivity contribution is -0.279. The molecule has 0 bridgehead atoms. The zero-order chi connectivity index (χ0) is 37.3. The highest BCUT2D eigenvalue weighted by Crippen LogP contribution is 2.63. The van der Waals surface area contributed by atoms with E-state index in [0.717, 1.165) is 20.8 Å². The minimum Gasteiger partial charge on any atom is -0.459 e. The number of methoxy groups -OCH3 is 1. The van der Waals surface area contributed by atoms with E-state index in [4.69, 9.17) is 37.9 Å². The highest BCUT2D eigenvalue weighted by molar-refractivity contribution is 5.78. The molecule has 2 aliphatic carbocycles. The number of esters is 6. The molecule has 0 radical (unpaired) electrons. The van der Waals surface area contributed by atoms with Gasteiger partial charge in [-0.3, -0.25) is 24.0 Å². The van der Waals surface area contributed by atoms with Gasteiger partial charge in [-0.05, 0) is 30.6 Å². The van der Waals surface area contributed by atoms with Crippen molar-refractivity contribution in [3.63, 3.8) is 0 Å². The second kappa shape index (κ2) is 14.8. The lowest BCUT2D eigenvalue weighted by Crippen LogP contribution is -2.76. The molecule has 278 valence electrons. The average Bonchev–Trinajstić information content (AvgIpc) is 3.76. The molecule has 0 aromatic carbocycles. The van der Waals surface area contributed by atoms with E-state index >= 15 is 0 Å². The first kappa shape index (κ1) is 38.9. The van der Waals surface area contributed by atoms with Crippen molar-refractivity contribution in [1.82, 2.24) is 0 Å². The molecule has 11 atom stereocenters. The van der Waals surface area contributed by atoms with Crippen LogP contribution in [-0.2, 0) is 66.7 Å². The Hall–Kier alpha value is -3.86. The van der Waals surface area contributed by atoms with E-state index < -0.39 is 107 Å². The Labute approximate surface area is 289 Å². The molecule has 2 saturated heterocycles. The normalized spacial score (nSPS) is 39.1. The molecule has 1 spiro atoms. The van der Waals surface area contributed by atoms with Gasteiger partial charge in [0.2, 0.25) is 0 Å². The van der Waals surface area contributed by atoms with E-state index in [1.807, 2.05) is 0 Å². The number of epoxide rings is 1. The molecular formula is C34H46O16. The fourth-order valence-corrected chi connectivity index (χ4v) is 7.61. The van der Waals surface area contributed by atoms with Gasteiger partial charge in [-0.2, -0.15) is 0 Å². The Kier molecular flexibility index (Phi) is 11.5. The summed E-state index contributed by atoms with van der Waals surface area (Å²) in [7, 11) is 1.39. The van der Waals surface area contributed by atoms with Gasteiger partial charge >= 0.3 is 35.8 Å². The second-order valence-electron chi connectivity index (χ2n) is 13.8. The first-order chi connectivity index (χ1) is 23.4. The number of fused-ring (bicyclic) bond motifs is 3. The van der Waals surface area contributed by atoms with Crippen molar-refractivity contribution in [3.8, 4) is 0 Å². The summed E-state index contributed by atoms with van der Waals surface area (Å²) in [5, 5.41) is 22.6. The predicted molar refractivity (Wildman–Crippen MR) is 166 cm³/mol. The molecule has 16 nitrogen and oxygen atoms in total. The van der Waals surface area contributed by atoms with E-state index in [1.54, 1.807) is 13.8 Å². The third-order valence-electron chi connectivity index (χ3n) is 9.75. The van der Waals surface area contributed by atoms with E-state index in [2.05, 4.69) is 0 Å². The zero-order valence-corrected chi connectivity index (χ0v) is 29.4. The third-order valence-corrected chi connectivity index (χ3v) is 9.75. The molecule has 0 aromatic rings. The molecule has 4 aliphatic rings. The highest BCUT2D eigenvalue weighted by atomic mass is 16.7. The molecule has 4 rings (SSSR count). The first-order valence-corrected chi connectivity index (χ1v) is 16.3. The molecule has 0 unspecified atom stereocenters. The molecule has 2 heterocycles. The van der Waals surface area contributed by atoms with Gasteiger partial charge in [0.15, 0.2) is 30.0 Å². The average molecular weight is 711 g/mol. The van der Waals surface area contributed by atoms with Crippen LogP contribution in [0.5, 0.6) is 0 Å². The molecule has 3 fully saturated rings. The lowest BCUT2D eigenvalue weighted by atomic mass is 9.51. The van der Waals surface area contributed by atoms with Gasteiger partial charge in [-0.15, -0.1) is 0 Å². The van der Waals surface area contributed by atoms with Crippen LogP contribution in [0.25, 0.3) is 0 Å². The predicted octanol–water partition coefficient (Wildman–Crippen LogP) is 0.484. The van der Waals surface area contributed by atoms with Gasteiger partial charge in [0.05, 0.1) is 24.5 Å². The van der Waals surface area contributed by atoms with Crippen molar-refractivity contribution in [2.75, 3.05) is 26.9 Å². The van der Waals surface area contributed by atoms with Crippen LogP contribution in [0.4, 0.5) is 0 Å². The van der Waals surface area contributed by atoms with Gasteiger partial charge in [0.1, 0.15) is 24.4 Å². The summed E-state index contributed by atoms with van der Waals surface area (Å²) in [6.45, 7) is 8.21. The SMILES string of the molecule is COCC1=C/[C@@H]2OC(=O)[C@H](C)[C@@]2(O)[C@@H](OC(C)=O)[C@H]2[C@@]3(CO3)[C@H](OC(C)=O)[C@H](OC(=O)CC(C)C)[C@H](OC(C)=O)[C@]2(C)[C@@H](OC(=O)CO)/C=C\1. The fraction of sp³-hybridized carbons (Fsp3) is 0.706. The topological polar surface area (TPSA) is 220 Å². The van der Waals surface area contributed by atoms with E-state index in [1.165, 1.54) is 39.2 Å². The standard InChI is InChI=1S/C34H46O16/c1-16(2)11-24(39)50-26-28(45-18(4)36)32(7)22(48-25(40)13-35)10-9-21(14-43-8)12-23-34(42,17(3)31(41)49-23)30(47-20(6)38)27(32)33(15-44-33)29(26)46-19(5)37/h9-10,12,16-17,22-23,26-30,35,42H,11,13-15H2,1-8H3/b10-9-,21-12+/t17-,22-,23-,26+,27+,28-,29+,30-,32+,33-,34-/m0/s1. The number of carbonyl (C=O) groups is 6. The van der Waals surface area contributed by atoms with E-state index in [0.29, 0.717) is 5.57 Å². The van der Waals surface area contributed by atoms with E-state index in [9.17, 15) is 39.0 Å². The van der Waals surface area contributed by atoms with Crippen molar-refractivity contribution in [3.05, 3.63) is 23.8 Å². The maximum Gasteiger partial charge on any atom is 0.332 e. The Morgan fingerprint density at radius 3 is 2.04 bits per heavy atom. The molecule has 0 aromatic heterocycles. The summed E-state index contributed by atoms with van der Waals surface area (Å²) in [5.41, 5.74) is -5.76. The summed E-state index contributed by atoms with van der Waals surface area (Å²) in [6.07, 6.45) is -5.46. The number of aliphatic hydroxyl groups excluding tert-OH is 1. The molecule has 1 saturated carbocycles. The summed E-state index contributed by atoms with van der Waals surface area (Å²) in [6, 6.07) is 0. The number of hydrogen-bond acceptors (Lipinski definition) is 16. The van der Waals surface area contributed by atoms with Crippen LogP contribution in [0.1, 0.15) is 54.9 Å². The largest absolute Gasteiger partial charge is 0.459 e. The van der Waals surface area contributed by atoms with Crippen LogP contribution in [0.2, 0.25) is 0 Å². The van der Waals surface area contributed by atoms with Crippen molar-refractivity contribution < 1.29 is 76.9 Å². The van der Waals surface area contributed by atoms with Crippen molar-refractivity contribution in [2.24, 2.45) is 23.2 Å². The van der Waals surface area contributed by atoms with Gasteiger partial charge < -0.3 is 48.1 Å². The van der Waals surface area contributed by atoms with Crippen LogP contribution in [0.3, 0.4) is 0 Å². The maximum absolute atomic E-state index is 13.4. The van der Waals surface area contributed by atoms with Crippen LogP contribution >= 0.6 is 0 Å². The van der Waals surface area contributed by atoms with Gasteiger partial charge in [-0.25, -0.2) is 4.79 Å². The third kappa shape index (κ3) is 7.16. The Morgan fingerprint density at radius 2 is 1.52 bits per heavy atom. The molecule has 2 N–H and O–H groups in total. The number of hydrogen-bond donors (Lipinski definition) is 2. The monoisotopic (exact) mass is 710 g/mol. The van der Waals surface area contributed by atoms with Gasteiger partial charge in [0, 0.05) is 40.2 Å². The highest BCUT2D eigenvalue weighted by Gasteiger charge is 2.81. The minimum atomic E-state index is -2.38. The Morgan fingerprint density at radius 1 is 0.940 bits per heavy atom. The van der Waals surface area contributed by atoms with E-state index in [-0.39, 0.29) is 25.6 Å². The number of rotatable bonds is 10. The fourth-order valence-electron chi connectivity index (χ4n) is 7.61. The van der Waals surface area contributed by atoms with Gasteiger partial charge in [-0.1, -0.05) is 26.8 Å². The van der Waals surface area contributed by atoms with Gasteiger partial charge in [0.25, 0.3) is 0 Å². The smallest absolute Gasteiger partial charge is 0.332 e. The lowest BCUT2D eigenvalue weighted by Gasteiger charge is -2.59. The summed E-state index contributed by atoms with van der Waals surface area (Å²) >= 11 is 0. The number of carbonyl (C=O) groups excluding carboxylic acids is 6. The maximum atomic E-state index is 13.4. The first-order valence-electron chi connectivity index (χ1n) is 16.3.